The van der Waals surface area contributed by atoms with Crippen LogP contribution in [-0.2, 0) is 4.79 Å². The fraction of sp³-hybridized carbons (Fsp3) is 0.214. The molecule has 0 bridgehead atoms. The molecule has 5 rings (SSSR count). The summed E-state index contributed by atoms with van der Waals surface area (Å²) in [5, 5.41) is 21.2. The lowest BCUT2D eigenvalue weighted by Gasteiger charge is -2.27. The van der Waals surface area contributed by atoms with E-state index in [1.807, 2.05) is 32.0 Å². The van der Waals surface area contributed by atoms with E-state index in [-0.39, 0.29) is 40.6 Å². The molecule has 4 aromatic rings. The first-order valence-electron chi connectivity index (χ1n) is 11.4. The van der Waals surface area contributed by atoms with Crippen molar-refractivity contribution in [2.75, 3.05) is 7.11 Å². The van der Waals surface area contributed by atoms with Gasteiger partial charge in [-0.3, -0.25) is 9.59 Å². The maximum atomic E-state index is 13.1. The molecule has 2 heterocycles. The highest BCUT2D eigenvalue weighted by molar-refractivity contribution is 5.96. The SMILES string of the molecule is COc1ccc([C@@H]2CC(=O)Oc3c(O)c(O)c4c(=O)cc(-c5ccccc5)oc4c32)cc1OC(C)C. The third-order valence-corrected chi connectivity index (χ3v) is 6.06. The number of phenolic OH excluding ortho intramolecular Hbond substituents is 2. The van der Waals surface area contributed by atoms with E-state index >= 15 is 0 Å². The van der Waals surface area contributed by atoms with Crippen molar-refractivity contribution in [2.45, 2.75) is 32.3 Å². The highest BCUT2D eigenvalue weighted by Gasteiger charge is 2.37. The Morgan fingerprint density at radius 2 is 1.72 bits per heavy atom. The van der Waals surface area contributed by atoms with Crippen LogP contribution in [0.5, 0.6) is 28.7 Å². The van der Waals surface area contributed by atoms with Gasteiger partial charge >= 0.3 is 5.97 Å². The standard InChI is InChI=1S/C28H24O8/c1-14(2)34-21-11-16(9-10-19(21)33-3)17-12-22(30)36-28-23(17)27-24(25(31)26(28)32)18(29)13-20(35-27)15-7-5-4-6-8-15/h4-11,13-14,17,31-32H,12H2,1-3H3/t17-/m0/s1. The lowest BCUT2D eigenvalue weighted by molar-refractivity contribution is -0.135. The number of methoxy groups -OCH3 is 1. The molecule has 1 aliphatic rings. The molecule has 36 heavy (non-hydrogen) atoms. The van der Waals surface area contributed by atoms with Crippen LogP contribution in [0.25, 0.3) is 22.3 Å². The van der Waals surface area contributed by atoms with E-state index in [2.05, 4.69) is 0 Å². The quantitative estimate of drug-likeness (QED) is 0.226. The van der Waals surface area contributed by atoms with E-state index in [1.54, 1.807) is 30.3 Å². The summed E-state index contributed by atoms with van der Waals surface area (Å²) in [6.07, 6.45) is -0.218. The largest absolute Gasteiger partial charge is 0.504 e. The van der Waals surface area contributed by atoms with Crippen molar-refractivity contribution in [2.24, 2.45) is 0 Å². The average Bonchev–Trinajstić information content (AvgIpc) is 2.86. The lowest BCUT2D eigenvalue weighted by Crippen LogP contribution is -2.22. The predicted octanol–water partition coefficient (Wildman–Crippen LogP) is 5.11. The molecule has 0 aliphatic carbocycles. The normalized spacial score (nSPS) is 15.0. The fourth-order valence-corrected chi connectivity index (χ4v) is 4.49. The Balaban J connectivity index is 1.81. The van der Waals surface area contributed by atoms with E-state index in [0.29, 0.717) is 22.6 Å². The van der Waals surface area contributed by atoms with Crippen LogP contribution in [-0.4, -0.2) is 29.4 Å². The summed E-state index contributed by atoms with van der Waals surface area (Å²) in [4.78, 5) is 25.7. The first kappa shape index (κ1) is 23.3. The van der Waals surface area contributed by atoms with E-state index in [1.165, 1.54) is 13.2 Å². The van der Waals surface area contributed by atoms with E-state index in [0.717, 1.165) is 0 Å². The Labute approximate surface area is 206 Å². The molecule has 0 saturated carbocycles. The molecule has 0 spiro atoms. The molecule has 184 valence electrons. The molecule has 0 radical (unpaired) electrons. The summed E-state index contributed by atoms with van der Waals surface area (Å²) in [6, 6.07) is 15.5. The van der Waals surface area contributed by atoms with E-state index in [4.69, 9.17) is 18.6 Å². The van der Waals surface area contributed by atoms with Gasteiger partial charge in [-0.05, 0) is 31.5 Å². The Morgan fingerprint density at radius 3 is 2.42 bits per heavy atom. The molecule has 8 heteroatoms. The fourth-order valence-electron chi connectivity index (χ4n) is 4.49. The number of carbonyl (C=O) groups is 1. The van der Waals surface area contributed by atoms with Gasteiger partial charge in [0.1, 0.15) is 16.7 Å². The minimum Gasteiger partial charge on any atom is -0.504 e. The Bertz CT molecular complexity index is 1540. The highest BCUT2D eigenvalue weighted by Crippen LogP contribution is 2.52. The minimum absolute atomic E-state index is 0.0336. The Hall–Kier alpha value is -4.46. The second-order valence-electron chi connectivity index (χ2n) is 8.79. The molecule has 1 atom stereocenters. The van der Waals surface area contributed by atoms with E-state index < -0.39 is 28.8 Å². The van der Waals surface area contributed by atoms with Crippen molar-refractivity contribution in [3.05, 3.63) is 75.9 Å². The van der Waals surface area contributed by atoms with Gasteiger partial charge in [-0.1, -0.05) is 36.4 Å². The number of esters is 1. The number of hydrogen-bond donors (Lipinski definition) is 2. The monoisotopic (exact) mass is 488 g/mol. The van der Waals surface area contributed by atoms with Crippen LogP contribution in [0.2, 0.25) is 0 Å². The van der Waals surface area contributed by atoms with Gasteiger partial charge in [0.15, 0.2) is 28.4 Å². The zero-order valence-electron chi connectivity index (χ0n) is 19.9. The predicted molar refractivity (Wildman–Crippen MR) is 132 cm³/mol. The lowest BCUT2D eigenvalue weighted by atomic mass is 9.84. The number of ether oxygens (including phenoxy) is 3. The number of benzene rings is 3. The number of aromatic hydroxyl groups is 2. The second kappa shape index (κ2) is 8.96. The zero-order chi connectivity index (χ0) is 25.6. The number of phenols is 2. The summed E-state index contributed by atoms with van der Waals surface area (Å²) in [5.74, 6) is -1.64. The number of fused-ring (bicyclic) bond motifs is 3. The highest BCUT2D eigenvalue weighted by atomic mass is 16.5. The maximum absolute atomic E-state index is 13.1. The summed E-state index contributed by atoms with van der Waals surface area (Å²) in [6.45, 7) is 3.76. The zero-order valence-corrected chi connectivity index (χ0v) is 19.9. The van der Waals surface area contributed by atoms with Crippen LogP contribution < -0.4 is 19.6 Å². The van der Waals surface area contributed by atoms with Gasteiger partial charge < -0.3 is 28.8 Å². The topological polar surface area (TPSA) is 115 Å². The van der Waals surface area contributed by atoms with Gasteiger partial charge in [0, 0.05) is 17.5 Å². The van der Waals surface area contributed by atoms with Crippen molar-refractivity contribution in [1.82, 2.24) is 0 Å². The van der Waals surface area contributed by atoms with Gasteiger partial charge in [0.05, 0.1) is 25.2 Å². The summed E-state index contributed by atoms with van der Waals surface area (Å²) < 4.78 is 22.9. The molecule has 1 aromatic heterocycles. The average molecular weight is 488 g/mol. The first-order chi connectivity index (χ1) is 17.3. The smallest absolute Gasteiger partial charge is 0.312 e. The van der Waals surface area contributed by atoms with Gasteiger partial charge in [-0.25, -0.2) is 0 Å². The number of carbonyl (C=O) groups excluding carboxylic acids is 1. The molecule has 8 nitrogen and oxygen atoms in total. The van der Waals surface area contributed by atoms with Crippen LogP contribution in [0.1, 0.15) is 37.3 Å². The molecular formula is C28H24O8. The summed E-state index contributed by atoms with van der Waals surface area (Å²) >= 11 is 0. The third kappa shape index (κ3) is 3.90. The third-order valence-electron chi connectivity index (χ3n) is 6.06. The van der Waals surface area contributed by atoms with Crippen LogP contribution in [0.15, 0.2) is 63.8 Å². The van der Waals surface area contributed by atoms with Gasteiger partial charge in [-0.15, -0.1) is 0 Å². The molecule has 0 fully saturated rings. The molecule has 3 aromatic carbocycles. The van der Waals surface area contributed by atoms with Crippen LogP contribution in [0.3, 0.4) is 0 Å². The molecule has 1 aliphatic heterocycles. The molecular weight excluding hydrogens is 464 g/mol. The van der Waals surface area contributed by atoms with Gasteiger partial charge in [-0.2, -0.15) is 0 Å². The van der Waals surface area contributed by atoms with E-state index in [9.17, 15) is 19.8 Å². The van der Waals surface area contributed by atoms with Crippen molar-refractivity contribution >= 4 is 16.9 Å². The maximum Gasteiger partial charge on any atom is 0.312 e. The van der Waals surface area contributed by atoms with Crippen molar-refractivity contribution < 1.29 is 33.6 Å². The van der Waals surface area contributed by atoms with Gasteiger partial charge in [0.25, 0.3) is 0 Å². The first-order valence-corrected chi connectivity index (χ1v) is 11.4. The molecule has 2 N–H and O–H groups in total. The summed E-state index contributed by atoms with van der Waals surface area (Å²) in [7, 11) is 1.53. The number of rotatable bonds is 5. The molecule has 0 amide bonds. The van der Waals surface area contributed by atoms with Crippen molar-refractivity contribution in [1.29, 1.82) is 0 Å². The van der Waals surface area contributed by atoms with Crippen LogP contribution in [0, 0.1) is 0 Å². The van der Waals surface area contributed by atoms with Crippen LogP contribution >= 0.6 is 0 Å². The van der Waals surface area contributed by atoms with Crippen molar-refractivity contribution in [3.8, 4) is 40.1 Å². The molecule has 0 unspecified atom stereocenters. The molecule has 0 saturated heterocycles. The summed E-state index contributed by atoms with van der Waals surface area (Å²) in [5.41, 5.74) is 1.09. The van der Waals surface area contributed by atoms with Gasteiger partial charge in [0.2, 0.25) is 5.75 Å². The van der Waals surface area contributed by atoms with Crippen molar-refractivity contribution in [3.63, 3.8) is 0 Å². The minimum atomic E-state index is -0.705. The second-order valence-corrected chi connectivity index (χ2v) is 8.79. The Morgan fingerprint density at radius 1 is 0.972 bits per heavy atom. The van der Waals surface area contributed by atoms with Crippen LogP contribution in [0.4, 0.5) is 0 Å². The Kier molecular flexibility index (Phi) is 5.80. The number of hydrogen-bond acceptors (Lipinski definition) is 8.